The first-order valence-corrected chi connectivity index (χ1v) is 48.5. The fraction of sp³-hybridized carbons (Fsp3) is 1.00. The molecule has 0 spiro atoms. The van der Waals surface area contributed by atoms with Crippen LogP contribution in [0.25, 0.3) is 0 Å². The SMILES string of the molecule is CC[Si](=O)C[Si](C)(C)O[Si](C)(C)O[Si](C)(C)O[Si](C)(C)O[Si](C)(C)O[SiH](C)O[SiH](C)O[Si](C)(CC[Si](OC)(OC)OC)O[Si](C)(CC[Si](OC)(OC)OC)OC. The van der Waals surface area contributed by atoms with E-state index in [1.54, 1.807) is 49.8 Å². The summed E-state index contributed by atoms with van der Waals surface area (Å²) in [4.78, 5) is 0. The van der Waals surface area contributed by atoms with Crippen LogP contribution in [-0.2, 0) is 68.4 Å². The van der Waals surface area contributed by atoms with Crippen molar-refractivity contribution < 1.29 is 68.4 Å². The third kappa shape index (κ3) is 21.7. The van der Waals surface area contributed by atoms with E-state index in [4.69, 9.17) is 63.9 Å². The lowest BCUT2D eigenvalue weighted by molar-refractivity contribution is 0.123. The highest BCUT2D eigenvalue weighted by Crippen LogP contribution is 2.32. The van der Waals surface area contributed by atoms with Crippen LogP contribution in [0.1, 0.15) is 6.92 Å². The van der Waals surface area contributed by atoms with E-state index >= 15 is 0 Å². The minimum Gasteiger partial charge on any atom is -0.436 e. The second kappa shape index (κ2) is 24.0. The van der Waals surface area contributed by atoms with Crippen LogP contribution in [0, 0.1) is 0 Å². The van der Waals surface area contributed by atoms with Crippen LogP contribution in [0.2, 0.25) is 128 Å². The van der Waals surface area contributed by atoms with Crippen molar-refractivity contribution in [1.29, 1.82) is 0 Å². The second-order valence-electron chi connectivity index (χ2n) is 16.5. The van der Waals surface area contributed by atoms with Crippen LogP contribution in [0.3, 0.4) is 0 Å². The predicted octanol–water partition coefficient (Wildman–Crippen LogP) is 6.36. The summed E-state index contributed by atoms with van der Waals surface area (Å²) in [6, 6.07) is 2.82. The molecule has 0 amide bonds. The molecule has 336 valence electrons. The van der Waals surface area contributed by atoms with Crippen LogP contribution < -0.4 is 0 Å². The van der Waals surface area contributed by atoms with Crippen molar-refractivity contribution in [2.75, 3.05) is 49.8 Å². The molecule has 0 aliphatic heterocycles. The molecule has 56 heavy (non-hydrogen) atoms. The van der Waals surface area contributed by atoms with Gasteiger partial charge >= 0.3 is 69.0 Å². The van der Waals surface area contributed by atoms with Gasteiger partial charge in [-0.25, -0.2) is 0 Å². The molecule has 0 saturated heterocycles. The van der Waals surface area contributed by atoms with Gasteiger partial charge in [0.05, 0.1) is 0 Å². The molecule has 0 fully saturated rings. The van der Waals surface area contributed by atoms with Crippen molar-refractivity contribution in [2.45, 2.75) is 134 Å². The molecule has 28 heteroatoms. The number of hydrogen-bond acceptors (Lipinski definition) is 16. The maximum Gasteiger partial charge on any atom is 0.500 e. The third-order valence-electron chi connectivity index (χ3n) is 8.76. The van der Waals surface area contributed by atoms with Gasteiger partial charge < -0.3 is 68.4 Å². The molecule has 4 atom stereocenters. The molecule has 0 aromatic rings. The van der Waals surface area contributed by atoms with Gasteiger partial charge in [-0.3, -0.25) is 0 Å². The molecule has 0 heterocycles. The molecule has 0 aromatic carbocycles. The van der Waals surface area contributed by atoms with E-state index in [-0.39, 0.29) is 0 Å². The van der Waals surface area contributed by atoms with E-state index in [0.717, 1.165) is 0 Å². The molecule has 4 unspecified atom stereocenters. The summed E-state index contributed by atoms with van der Waals surface area (Å²) in [5.41, 5.74) is 0.662. The van der Waals surface area contributed by atoms with Crippen molar-refractivity contribution in [3.8, 4) is 0 Å². The summed E-state index contributed by atoms with van der Waals surface area (Å²) in [5.74, 6) is 0. The smallest absolute Gasteiger partial charge is 0.436 e. The minimum absolute atomic E-state index is 0.494. The van der Waals surface area contributed by atoms with Gasteiger partial charge in [0, 0.05) is 67.5 Å². The maximum atomic E-state index is 12.4. The Hall–Kier alpha value is 1.80. The van der Waals surface area contributed by atoms with Crippen LogP contribution in [0.15, 0.2) is 0 Å². The van der Waals surface area contributed by atoms with Gasteiger partial charge in [-0.05, 0) is 110 Å². The molecule has 0 saturated carbocycles. The van der Waals surface area contributed by atoms with E-state index in [0.29, 0.717) is 35.9 Å². The summed E-state index contributed by atoms with van der Waals surface area (Å²) in [5, 5.41) is 0. The summed E-state index contributed by atoms with van der Waals surface area (Å²) in [6.45, 7) is 30.6. The molecule has 0 N–H and O–H groups in total. The molecule has 0 radical (unpaired) electrons. The van der Waals surface area contributed by atoms with E-state index in [2.05, 4.69) is 26.2 Å². The van der Waals surface area contributed by atoms with Crippen molar-refractivity contribution in [1.82, 2.24) is 0 Å². The van der Waals surface area contributed by atoms with Crippen LogP contribution >= 0.6 is 0 Å². The Morgan fingerprint density at radius 2 is 0.804 bits per heavy atom. The molecule has 16 nitrogen and oxygen atoms in total. The monoisotopic (exact) mass is 1010 g/mol. The lowest BCUT2D eigenvalue weighted by Crippen LogP contribution is -2.59. The Kier molecular flexibility index (Phi) is 24.8. The van der Waals surface area contributed by atoms with E-state index < -0.39 is 105 Å². The molecule has 0 aromatic heterocycles. The highest BCUT2D eigenvalue weighted by Gasteiger charge is 2.51. The molecular formula is C28H80O16Si12. The Balaban J connectivity index is 5.92. The Bertz CT molecular complexity index is 1150. The van der Waals surface area contributed by atoms with Gasteiger partial charge in [-0.1, -0.05) is 6.92 Å². The number of hydrogen-bond donors (Lipinski definition) is 0. The Morgan fingerprint density at radius 3 is 1.18 bits per heavy atom. The van der Waals surface area contributed by atoms with Crippen LogP contribution in [-0.4, -0.2) is 154 Å². The zero-order chi connectivity index (χ0) is 44.1. The van der Waals surface area contributed by atoms with E-state index in [1.165, 1.54) is 0 Å². The first-order chi connectivity index (χ1) is 25.3. The quantitative estimate of drug-likeness (QED) is 0.0686. The average molecular weight is 1010 g/mol. The van der Waals surface area contributed by atoms with Crippen molar-refractivity contribution in [3.05, 3.63) is 0 Å². The van der Waals surface area contributed by atoms with Crippen LogP contribution in [0.4, 0.5) is 0 Å². The molecule has 0 rings (SSSR count). The van der Waals surface area contributed by atoms with Gasteiger partial charge in [0.2, 0.25) is 0 Å². The maximum absolute atomic E-state index is 12.4. The standard InChI is InChI=1S/C28H80O16Si12/c1-23-47(29)28-48(11,12)40-50(15,16)42-52(19,20)43-51(17,18)41-49(13,14)38-45(9)37-46(10)39-54(22,25-27-56(34-6,35-7)36-8)44-53(21,30-2)24-26-55(31-3,32-4)33-5/h45-46H,23-28H2,1-22H3. The van der Waals surface area contributed by atoms with Gasteiger partial charge in [-0.2, -0.15) is 0 Å². The van der Waals surface area contributed by atoms with Gasteiger partial charge in [0.25, 0.3) is 27.3 Å². The van der Waals surface area contributed by atoms with Gasteiger partial charge in [-0.15, -0.1) is 0 Å². The van der Waals surface area contributed by atoms with Crippen molar-refractivity contribution >= 4 is 105 Å². The summed E-state index contributed by atoms with van der Waals surface area (Å²) >= 11 is 0. The lowest BCUT2D eigenvalue weighted by atomic mass is 10.9. The van der Waals surface area contributed by atoms with E-state index in [1.807, 2.05) is 72.4 Å². The number of rotatable bonds is 32. The van der Waals surface area contributed by atoms with Gasteiger partial charge in [0.15, 0.2) is 8.32 Å². The minimum atomic E-state index is -3.02. The third-order valence-corrected chi connectivity index (χ3v) is 53.6. The lowest BCUT2D eigenvalue weighted by Gasteiger charge is -2.42. The Morgan fingerprint density at radius 1 is 0.446 bits per heavy atom. The Labute approximate surface area is 355 Å². The van der Waals surface area contributed by atoms with Crippen molar-refractivity contribution in [3.63, 3.8) is 0 Å². The summed E-state index contributed by atoms with van der Waals surface area (Å²) in [6.07, 6.45) is 0. The largest absolute Gasteiger partial charge is 0.500 e. The summed E-state index contributed by atoms with van der Waals surface area (Å²) in [7, 11) is -19.5. The fourth-order valence-corrected chi connectivity index (χ4v) is 58.4. The second-order valence-corrected chi connectivity index (χ2v) is 55.9. The molecular weight excluding hydrogens is 929 g/mol. The highest BCUT2D eigenvalue weighted by molar-refractivity contribution is 6.92. The van der Waals surface area contributed by atoms with Crippen molar-refractivity contribution in [2.24, 2.45) is 0 Å². The average Bonchev–Trinajstić information content (AvgIpc) is 3.03. The van der Waals surface area contributed by atoms with Gasteiger partial charge in [0.1, 0.15) is 0 Å². The first kappa shape index (κ1) is 57.8. The molecule has 0 aliphatic carbocycles. The summed E-state index contributed by atoms with van der Waals surface area (Å²) < 4.78 is 107. The first-order valence-electron chi connectivity index (χ1n) is 19.2. The normalized spacial score (nSPS) is 17.4. The topological polar surface area (TPSA) is 156 Å². The predicted molar refractivity (Wildman–Crippen MR) is 247 cm³/mol. The van der Waals surface area contributed by atoms with E-state index in [9.17, 15) is 4.46 Å². The molecule has 0 bridgehead atoms. The van der Waals surface area contributed by atoms with Crippen LogP contribution in [0.5, 0.6) is 0 Å². The molecule has 0 aliphatic rings. The zero-order valence-electron chi connectivity index (χ0n) is 38.9. The fourth-order valence-electron chi connectivity index (χ4n) is 6.90. The zero-order valence-corrected chi connectivity index (χ0v) is 51.2. The highest BCUT2D eigenvalue weighted by atomic mass is 28.5.